The van der Waals surface area contributed by atoms with E-state index in [1.54, 1.807) is 18.3 Å². The van der Waals surface area contributed by atoms with Crippen molar-refractivity contribution in [3.05, 3.63) is 72.6 Å². The molecule has 8 heteroatoms. The number of halogens is 1. The summed E-state index contributed by atoms with van der Waals surface area (Å²) < 4.78 is 15.5. The molecule has 2 aromatic carbocycles. The number of nitrogen functional groups attached to an aromatic ring is 1. The van der Waals surface area contributed by atoms with Crippen LogP contribution in [0.15, 0.2) is 60.9 Å². The minimum absolute atomic E-state index is 0.146. The molecular formula is C27H24FN5O2. The van der Waals surface area contributed by atoms with Crippen LogP contribution >= 0.6 is 0 Å². The lowest BCUT2D eigenvalue weighted by molar-refractivity contribution is -0.142. The number of imidazole rings is 1. The quantitative estimate of drug-likeness (QED) is 0.316. The summed E-state index contributed by atoms with van der Waals surface area (Å²) >= 11 is 0. The van der Waals surface area contributed by atoms with Gasteiger partial charge in [-0.3, -0.25) is 9.20 Å². The number of nitrogens with zero attached hydrogens (tertiary/aromatic N) is 3. The standard InChI is InChI=1S/C27H24FN5O2/c28-19-10-8-15(9-11-19)20-3-1-2-18-14-21(31-22(18)20)23-24-25(29)30-12-13-33(24)26(32-23)16-4-6-17(7-5-16)27(34)35/h1-3,8-14,16-17,31H,4-7H2,(H2,29,30)(H,34,35). The van der Waals surface area contributed by atoms with Gasteiger partial charge in [0.2, 0.25) is 0 Å². The van der Waals surface area contributed by atoms with Gasteiger partial charge in [0.15, 0.2) is 0 Å². The third-order valence-corrected chi connectivity index (χ3v) is 7.12. The number of carboxylic acids is 1. The molecule has 7 nitrogen and oxygen atoms in total. The molecule has 1 fully saturated rings. The number of rotatable bonds is 4. The van der Waals surface area contributed by atoms with Crippen LogP contribution in [-0.4, -0.2) is 30.4 Å². The van der Waals surface area contributed by atoms with Crippen molar-refractivity contribution >= 4 is 28.2 Å². The van der Waals surface area contributed by atoms with Crippen LogP contribution in [-0.2, 0) is 4.79 Å². The fourth-order valence-electron chi connectivity index (χ4n) is 5.32. The number of carboxylic acid groups (broad SMARTS) is 1. The summed E-state index contributed by atoms with van der Waals surface area (Å²) in [5, 5.41) is 10.4. The number of anilines is 1. The Bertz CT molecular complexity index is 1560. The molecule has 0 amide bonds. The molecule has 6 rings (SSSR count). The van der Waals surface area contributed by atoms with E-state index >= 15 is 0 Å². The normalized spacial score (nSPS) is 18.3. The van der Waals surface area contributed by atoms with E-state index in [4.69, 9.17) is 10.7 Å². The Morgan fingerprint density at radius 3 is 2.63 bits per heavy atom. The summed E-state index contributed by atoms with van der Waals surface area (Å²) in [6.07, 6.45) is 6.33. The molecule has 4 N–H and O–H groups in total. The molecule has 0 spiro atoms. The summed E-state index contributed by atoms with van der Waals surface area (Å²) in [6.45, 7) is 0. The van der Waals surface area contributed by atoms with Gasteiger partial charge in [0.25, 0.3) is 0 Å². The molecule has 0 saturated heterocycles. The van der Waals surface area contributed by atoms with Gasteiger partial charge >= 0.3 is 5.97 Å². The van der Waals surface area contributed by atoms with Gasteiger partial charge in [-0.25, -0.2) is 14.4 Å². The third-order valence-electron chi connectivity index (χ3n) is 7.12. The molecule has 35 heavy (non-hydrogen) atoms. The molecule has 176 valence electrons. The maximum atomic E-state index is 13.5. The number of hydrogen-bond acceptors (Lipinski definition) is 4. The highest BCUT2D eigenvalue weighted by molar-refractivity contribution is 5.98. The Morgan fingerprint density at radius 1 is 1.11 bits per heavy atom. The van der Waals surface area contributed by atoms with Gasteiger partial charge in [-0.2, -0.15) is 0 Å². The third kappa shape index (κ3) is 3.62. The van der Waals surface area contributed by atoms with Crippen LogP contribution in [0, 0.1) is 11.7 Å². The molecule has 1 aliphatic rings. The molecule has 1 saturated carbocycles. The molecular weight excluding hydrogens is 445 g/mol. The molecule has 3 aromatic heterocycles. The fourth-order valence-corrected chi connectivity index (χ4v) is 5.32. The Hall–Kier alpha value is -4.20. The predicted molar refractivity (Wildman–Crippen MR) is 132 cm³/mol. The first kappa shape index (κ1) is 21.3. The van der Waals surface area contributed by atoms with Crippen molar-refractivity contribution < 1.29 is 14.3 Å². The molecule has 0 radical (unpaired) electrons. The van der Waals surface area contributed by atoms with E-state index in [0.29, 0.717) is 24.4 Å². The average Bonchev–Trinajstić information content (AvgIpc) is 3.47. The van der Waals surface area contributed by atoms with E-state index in [2.05, 4.69) is 9.97 Å². The van der Waals surface area contributed by atoms with Crippen LogP contribution in [0.5, 0.6) is 0 Å². The Morgan fingerprint density at radius 2 is 1.89 bits per heavy atom. The molecule has 0 atom stereocenters. The lowest BCUT2D eigenvalue weighted by Gasteiger charge is -2.25. The second-order valence-corrected chi connectivity index (χ2v) is 9.20. The van der Waals surface area contributed by atoms with Crippen molar-refractivity contribution in [2.45, 2.75) is 31.6 Å². The SMILES string of the molecule is Nc1nccn2c(C3CCC(C(=O)O)CC3)nc(-c3cc4cccc(-c5ccc(F)cc5)c4[nH]3)c12. The first-order valence-corrected chi connectivity index (χ1v) is 11.7. The summed E-state index contributed by atoms with van der Waals surface area (Å²) in [7, 11) is 0. The zero-order valence-corrected chi connectivity index (χ0v) is 18.9. The number of fused-ring (bicyclic) bond motifs is 2. The number of carbonyl (C=O) groups is 1. The number of para-hydroxylation sites is 1. The summed E-state index contributed by atoms with van der Waals surface area (Å²) in [5.74, 6) is 0.129. The van der Waals surface area contributed by atoms with E-state index in [1.165, 1.54) is 12.1 Å². The minimum atomic E-state index is -0.722. The largest absolute Gasteiger partial charge is 0.481 e. The van der Waals surface area contributed by atoms with Crippen LogP contribution in [0.2, 0.25) is 0 Å². The Balaban J connectivity index is 1.47. The van der Waals surface area contributed by atoms with E-state index in [1.807, 2.05) is 34.9 Å². The van der Waals surface area contributed by atoms with Crippen molar-refractivity contribution in [1.82, 2.24) is 19.4 Å². The number of benzene rings is 2. The smallest absolute Gasteiger partial charge is 0.306 e. The molecule has 0 aliphatic heterocycles. The van der Waals surface area contributed by atoms with Gasteiger partial charge in [0.1, 0.15) is 28.7 Å². The number of hydrogen-bond donors (Lipinski definition) is 3. The van der Waals surface area contributed by atoms with Gasteiger partial charge in [0.05, 0.1) is 17.1 Å². The summed E-state index contributed by atoms with van der Waals surface area (Å²) in [5.41, 5.74) is 11.4. The average molecular weight is 470 g/mol. The van der Waals surface area contributed by atoms with Crippen LogP contribution in [0.4, 0.5) is 10.2 Å². The number of nitrogens with one attached hydrogen (secondary N) is 1. The Kier molecular flexibility index (Phi) is 5.02. The topological polar surface area (TPSA) is 109 Å². The van der Waals surface area contributed by atoms with Crippen molar-refractivity contribution in [2.24, 2.45) is 5.92 Å². The second kappa shape index (κ2) is 8.23. The van der Waals surface area contributed by atoms with Gasteiger partial charge in [-0.15, -0.1) is 0 Å². The van der Waals surface area contributed by atoms with E-state index in [9.17, 15) is 14.3 Å². The summed E-state index contributed by atoms with van der Waals surface area (Å²) in [4.78, 5) is 24.3. The van der Waals surface area contributed by atoms with E-state index < -0.39 is 5.97 Å². The maximum Gasteiger partial charge on any atom is 0.306 e. The summed E-state index contributed by atoms with van der Waals surface area (Å²) in [6, 6.07) is 14.5. The van der Waals surface area contributed by atoms with Crippen molar-refractivity contribution in [3.8, 4) is 22.5 Å². The zero-order chi connectivity index (χ0) is 24.1. The molecule has 0 bridgehead atoms. The first-order chi connectivity index (χ1) is 17.0. The molecule has 5 aromatic rings. The van der Waals surface area contributed by atoms with Gasteiger partial charge in [0, 0.05) is 29.3 Å². The van der Waals surface area contributed by atoms with E-state index in [-0.39, 0.29) is 17.7 Å². The highest BCUT2D eigenvalue weighted by Crippen LogP contribution is 2.39. The number of aliphatic carboxylic acids is 1. The van der Waals surface area contributed by atoms with Gasteiger partial charge in [-0.05, 0) is 49.4 Å². The lowest BCUT2D eigenvalue weighted by atomic mass is 9.81. The number of nitrogens with two attached hydrogens (primary N) is 1. The van der Waals surface area contributed by atoms with E-state index in [0.717, 1.165) is 51.9 Å². The Labute approximate surface area is 200 Å². The van der Waals surface area contributed by atoms with Gasteiger partial charge in [-0.1, -0.05) is 30.3 Å². The van der Waals surface area contributed by atoms with Crippen molar-refractivity contribution in [3.63, 3.8) is 0 Å². The lowest BCUT2D eigenvalue weighted by Crippen LogP contribution is -2.21. The van der Waals surface area contributed by atoms with Crippen LogP contribution < -0.4 is 5.73 Å². The number of aromatic nitrogens is 4. The molecule has 1 aliphatic carbocycles. The van der Waals surface area contributed by atoms with Crippen molar-refractivity contribution in [2.75, 3.05) is 5.73 Å². The molecule has 0 unspecified atom stereocenters. The number of aromatic amines is 1. The minimum Gasteiger partial charge on any atom is -0.481 e. The first-order valence-electron chi connectivity index (χ1n) is 11.7. The number of H-pyrrole nitrogens is 1. The predicted octanol–water partition coefficient (Wildman–Crippen LogP) is 5.62. The van der Waals surface area contributed by atoms with Crippen molar-refractivity contribution in [1.29, 1.82) is 0 Å². The molecule has 3 heterocycles. The monoisotopic (exact) mass is 469 g/mol. The van der Waals surface area contributed by atoms with Crippen LogP contribution in [0.1, 0.15) is 37.4 Å². The van der Waals surface area contributed by atoms with Crippen LogP contribution in [0.25, 0.3) is 38.9 Å². The second-order valence-electron chi connectivity index (χ2n) is 9.20. The fraction of sp³-hybridized carbons (Fsp3) is 0.222. The van der Waals surface area contributed by atoms with Crippen LogP contribution in [0.3, 0.4) is 0 Å². The maximum absolute atomic E-state index is 13.5. The zero-order valence-electron chi connectivity index (χ0n) is 18.9. The van der Waals surface area contributed by atoms with Gasteiger partial charge < -0.3 is 15.8 Å². The highest BCUT2D eigenvalue weighted by Gasteiger charge is 2.30. The highest BCUT2D eigenvalue weighted by atomic mass is 19.1.